The fraction of sp³-hybridized carbons (Fsp3) is 0.417. The van der Waals surface area contributed by atoms with Crippen LogP contribution in [0.4, 0.5) is 5.69 Å². The Morgan fingerprint density at radius 2 is 2.00 bits per heavy atom. The van der Waals surface area contributed by atoms with Crippen LogP contribution in [0, 0.1) is 0 Å². The quantitative estimate of drug-likeness (QED) is 0.554. The molecule has 0 aliphatic carbocycles. The topological polar surface area (TPSA) is 21.5 Å². The Hall–Kier alpha value is -0.860. The van der Waals surface area contributed by atoms with Crippen molar-refractivity contribution in [3.8, 4) is 0 Å². The third kappa shape index (κ3) is 2.06. The van der Waals surface area contributed by atoms with Crippen LogP contribution >= 0.6 is 0 Å². The second-order valence-electron chi connectivity index (χ2n) is 4.57. The van der Waals surface area contributed by atoms with E-state index >= 15 is 0 Å². The molecule has 1 N–H and O–H groups in total. The molecule has 82 valence electrons. The smallest absolute Gasteiger partial charge is 0.305 e. The van der Waals surface area contributed by atoms with Gasteiger partial charge in [-0.3, -0.25) is 0 Å². The minimum Gasteiger partial charge on any atom is -1.00 e. The number of carbonyl (C=O) groups excluding carboxylic acids is 1. The minimum absolute atomic E-state index is 0. The van der Waals surface area contributed by atoms with Crippen LogP contribution in [0.1, 0.15) is 25.8 Å². The summed E-state index contributed by atoms with van der Waals surface area (Å²) in [5.41, 5.74) is 2.50. The Bertz CT molecular complexity index is 362. The van der Waals surface area contributed by atoms with Gasteiger partial charge < -0.3 is 12.4 Å². The summed E-state index contributed by atoms with van der Waals surface area (Å²) in [6.45, 7) is 4.29. The van der Waals surface area contributed by atoms with Crippen LogP contribution in [0.5, 0.6) is 0 Å². The summed E-state index contributed by atoms with van der Waals surface area (Å²) in [6.07, 6.45) is 3.18. The summed E-state index contributed by atoms with van der Waals surface area (Å²) >= 11 is 0. The Labute approximate surface area is 96.7 Å². The fourth-order valence-corrected chi connectivity index (χ4v) is 2.17. The molecule has 1 aromatic rings. The van der Waals surface area contributed by atoms with Crippen molar-refractivity contribution in [3.63, 3.8) is 0 Å². The van der Waals surface area contributed by atoms with E-state index in [1.807, 2.05) is 12.1 Å². The summed E-state index contributed by atoms with van der Waals surface area (Å²) in [5, 5.41) is 0. The van der Waals surface area contributed by atoms with E-state index in [0.29, 0.717) is 0 Å². The molecule has 1 aliphatic rings. The average molecular weight is 226 g/mol. The Kier molecular flexibility index (Phi) is 3.53. The van der Waals surface area contributed by atoms with E-state index in [0.717, 1.165) is 29.8 Å². The highest BCUT2D eigenvalue weighted by atomic mass is 35.5. The lowest BCUT2D eigenvalue weighted by Crippen LogP contribution is -3.15. The van der Waals surface area contributed by atoms with E-state index in [2.05, 4.69) is 26.0 Å². The summed E-state index contributed by atoms with van der Waals surface area (Å²) in [4.78, 5) is 12.1. The first-order valence-electron chi connectivity index (χ1n) is 5.06. The lowest BCUT2D eigenvalue weighted by atomic mass is 9.87. The Morgan fingerprint density at radius 1 is 1.33 bits per heavy atom. The molecule has 15 heavy (non-hydrogen) atoms. The van der Waals surface area contributed by atoms with Crippen molar-refractivity contribution in [2.75, 3.05) is 0 Å². The number of fused-ring (bicyclic) bond motifs is 1. The zero-order valence-electron chi connectivity index (χ0n) is 9.09. The number of para-hydroxylation sites is 1. The van der Waals surface area contributed by atoms with E-state index in [4.69, 9.17) is 0 Å². The van der Waals surface area contributed by atoms with E-state index in [1.165, 1.54) is 5.56 Å². The highest BCUT2D eigenvalue weighted by Gasteiger charge is 2.37. The van der Waals surface area contributed by atoms with Crippen LogP contribution < -0.4 is 17.3 Å². The number of hydrogen-bond acceptors (Lipinski definition) is 1. The molecular formula is C12H16ClNO. The second-order valence-corrected chi connectivity index (χ2v) is 4.57. The van der Waals surface area contributed by atoms with Crippen LogP contribution in [0.15, 0.2) is 24.3 Å². The molecule has 0 radical (unpaired) electrons. The lowest BCUT2D eigenvalue weighted by Gasteiger charge is -2.35. The molecule has 1 aromatic carbocycles. The highest BCUT2D eigenvalue weighted by molar-refractivity contribution is 5.50. The number of benzene rings is 1. The number of halogens is 1. The first-order chi connectivity index (χ1) is 6.65. The summed E-state index contributed by atoms with van der Waals surface area (Å²) in [7, 11) is 0. The highest BCUT2D eigenvalue weighted by Crippen LogP contribution is 2.23. The van der Waals surface area contributed by atoms with Gasteiger partial charge in [0.25, 0.3) is 0 Å². The maximum Gasteiger partial charge on any atom is 0.305 e. The van der Waals surface area contributed by atoms with Crippen molar-refractivity contribution in [1.82, 2.24) is 0 Å². The van der Waals surface area contributed by atoms with E-state index in [-0.39, 0.29) is 17.9 Å². The molecule has 0 bridgehead atoms. The SMILES string of the molecule is CC1(C)CCc2ccccc2[NH+]1C=O.[Cl-]. The van der Waals surface area contributed by atoms with Crippen molar-refractivity contribution >= 4 is 12.1 Å². The predicted octanol–water partition coefficient (Wildman–Crippen LogP) is -1.91. The second kappa shape index (κ2) is 4.33. The fourth-order valence-electron chi connectivity index (χ4n) is 2.17. The number of aryl methyl sites for hydroxylation is 1. The van der Waals surface area contributed by atoms with Gasteiger partial charge in [-0.1, -0.05) is 18.2 Å². The van der Waals surface area contributed by atoms with Crippen LogP contribution in [-0.4, -0.2) is 11.9 Å². The largest absolute Gasteiger partial charge is 1.00 e. The normalized spacial score (nSPS) is 22.4. The standard InChI is InChI=1S/C12H15NO.ClH/c1-12(2)8-7-10-5-3-4-6-11(10)13(12)9-14;/h3-6,9H,7-8H2,1-2H3;1H. The van der Waals surface area contributed by atoms with Crippen molar-refractivity contribution in [3.05, 3.63) is 29.8 Å². The number of quaternary nitrogens is 1. The van der Waals surface area contributed by atoms with E-state index < -0.39 is 0 Å². The van der Waals surface area contributed by atoms with Gasteiger partial charge in [-0.15, -0.1) is 0 Å². The van der Waals surface area contributed by atoms with Crippen molar-refractivity contribution < 1.29 is 22.1 Å². The lowest BCUT2D eigenvalue weighted by molar-refractivity contribution is -0.802. The summed E-state index contributed by atoms with van der Waals surface area (Å²) < 4.78 is 0. The molecule has 3 heteroatoms. The van der Waals surface area contributed by atoms with Crippen molar-refractivity contribution in [2.24, 2.45) is 0 Å². The molecule has 1 atom stereocenters. The van der Waals surface area contributed by atoms with Crippen molar-refractivity contribution in [2.45, 2.75) is 32.2 Å². The maximum atomic E-state index is 11.1. The monoisotopic (exact) mass is 225 g/mol. The van der Waals surface area contributed by atoms with Gasteiger partial charge >= 0.3 is 6.41 Å². The number of nitrogens with one attached hydrogen (secondary N) is 1. The molecule has 1 unspecified atom stereocenters. The van der Waals surface area contributed by atoms with E-state index in [1.54, 1.807) is 0 Å². The van der Waals surface area contributed by atoms with Gasteiger partial charge in [0.2, 0.25) is 0 Å². The van der Waals surface area contributed by atoms with Gasteiger partial charge in [0, 0.05) is 12.0 Å². The Morgan fingerprint density at radius 3 is 2.67 bits per heavy atom. The Balaban J connectivity index is 0.00000112. The molecule has 0 fully saturated rings. The molecule has 1 heterocycles. The van der Waals surface area contributed by atoms with Gasteiger partial charge in [0.1, 0.15) is 11.2 Å². The van der Waals surface area contributed by atoms with Gasteiger partial charge in [-0.2, -0.15) is 0 Å². The molecule has 2 nitrogen and oxygen atoms in total. The number of rotatable bonds is 1. The molecular weight excluding hydrogens is 210 g/mol. The zero-order valence-corrected chi connectivity index (χ0v) is 9.84. The number of hydrogen-bond donors (Lipinski definition) is 1. The van der Waals surface area contributed by atoms with Crippen molar-refractivity contribution in [1.29, 1.82) is 0 Å². The van der Waals surface area contributed by atoms with Gasteiger partial charge in [-0.05, 0) is 26.3 Å². The third-order valence-corrected chi connectivity index (χ3v) is 3.17. The third-order valence-electron chi connectivity index (χ3n) is 3.17. The maximum absolute atomic E-state index is 11.1. The number of carbonyl (C=O) groups is 1. The van der Waals surface area contributed by atoms with Crippen LogP contribution in [0.3, 0.4) is 0 Å². The number of amides is 1. The van der Waals surface area contributed by atoms with Gasteiger partial charge in [0.15, 0.2) is 0 Å². The van der Waals surface area contributed by atoms with Crippen LogP contribution in [-0.2, 0) is 11.2 Å². The predicted molar refractivity (Wildman–Crippen MR) is 55.5 cm³/mol. The molecule has 0 spiro atoms. The average Bonchev–Trinajstić information content (AvgIpc) is 2.17. The van der Waals surface area contributed by atoms with Gasteiger partial charge in [0.05, 0.1) is 0 Å². The summed E-state index contributed by atoms with van der Waals surface area (Å²) in [6, 6.07) is 8.22. The van der Waals surface area contributed by atoms with Crippen LogP contribution in [0.25, 0.3) is 0 Å². The summed E-state index contributed by atoms with van der Waals surface area (Å²) in [5.74, 6) is 0. The van der Waals surface area contributed by atoms with E-state index in [9.17, 15) is 4.79 Å². The molecule has 0 aromatic heterocycles. The molecule has 2 rings (SSSR count). The molecule has 1 amide bonds. The molecule has 0 saturated heterocycles. The zero-order chi connectivity index (χ0) is 10.2. The van der Waals surface area contributed by atoms with Gasteiger partial charge in [-0.25, -0.2) is 9.69 Å². The first kappa shape index (κ1) is 12.2. The minimum atomic E-state index is 0. The molecule has 0 saturated carbocycles. The van der Waals surface area contributed by atoms with Crippen LogP contribution in [0.2, 0.25) is 0 Å². The first-order valence-corrected chi connectivity index (χ1v) is 5.06. The molecule has 1 aliphatic heterocycles.